The number of nitro benzene ring substituents is 1. The molecule has 1 N–H and O–H groups in total. The van der Waals surface area contributed by atoms with Crippen molar-refractivity contribution in [3.05, 3.63) is 105 Å². The highest BCUT2D eigenvalue weighted by molar-refractivity contribution is 5.50. The van der Waals surface area contributed by atoms with E-state index in [1.54, 1.807) is 24.3 Å². The van der Waals surface area contributed by atoms with Crippen molar-refractivity contribution in [2.45, 2.75) is 12.5 Å². The van der Waals surface area contributed by atoms with E-state index in [9.17, 15) is 14.5 Å². The molecular weight excluding hydrogens is 359 g/mol. The first kappa shape index (κ1) is 19.5. The number of nitrogens with zero attached hydrogens (tertiary/aromatic N) is 1. The zero-order valence-corrected chi connectivity index (χ0v) is 15.5. The monoisotopic (exact) mass is 380 g/mol. The molecule has 0 unspecified atom stereocenters. The molecule has 0 radical (unpaired) electrons. The molecular formula is C22H21FN2O3. The maximum Gasteiger partial charge on any atom is 0.311 e. The highest BCUT2D eigenvalue weighted by Gasteiger charge is 2.20. The minimum atomic E-state index is -0.464. The van der Waals surface area contributed by atoms with Gasteiger partial charge in [0.05, 0.1) is 18.1 Å². The van der Waals surface area contributed by atoms with Crippen LogP contribution in [0.4, 0.5) is 10.1 Å². The lowest BCUT2D eigenvalue weighted by Gasteiger charge is -2.20. The van der Waals surface area contributed by atoms with Gasteiger partial charge in [-0.3, -0.25) is 10.1 Å². The van der Waals surface area contributed by atoms with Crippen LogP contribution in [0.5, 0.6) is 5.75 Å². The number of rotatable bonds is 8. The van der Waals surface area contributed by atoms with E-state index < -0.39 is 4.92 Å². The number of nitrogens with one attached hydrogen (secondary N) is 1. The Balaban J connectivity index is 1.88. The number of benzene rings is 3. The summed E-state index contributed by atoms with van der Waals surface area (Å²) in [5.74, 6) is -0.122. The van der Waals surface area contributed by atoms with Gasteiger partial charge in [-0.25, -0.2) is 4.39 Å². The minimum Gasteiger partial charge on any atom is -0.490 e. The third-order valence-corrected chi connectivity index (χ3v) is 4.54. The quantitative estimate of drug-likeness (QED) is 0.456. The third-order valence-electron chi connectivity index (χ3n) is 4.54. The van der Waals surface area contributed by atoms with E-state index in [4.69, 9.17) is 4.74 Å². The Bertz CT molecular complexity index is 930. The average molecular weight is 380 g/mol. The second-order valence-electron chi connectivity index (χ2n) is 6.36. The summed E-state index contributed by atoms with van der Waals surface area (Å²) in [6.45, 7) is 0.659. The fourth-order valence-electron chi connectivity index (χ4n) is 3.12. The molecule has 28 heavy (non-hydrogen) atoms. The Hall–Kier alpha value is -3.25. The molecule has 0 bridgehead atoms. The molecule has 0 aliphatic heterocycles. The van der Waals surface area contributed by atoms with E-state index in [0.717, 1.165) is 12.0 Å². The Labute approximate surface area is 162 Å². The second-order valence-corrected chi connectivity index (χ2v) is 6.36. The SMILES string of the molecule is COc1ccc([C@@H](NCCc2ccccc2)c2ccc(F)cc2)cc1[N+](=O)[O-]. The lowest BCUT2D eigenvalue weighted by molar-refractivity contribution is -0.385. The van der Waals surface area contributed by atoms with Gasteiger partial charge in [-0.2, -0.15) is 0 Å². The molecule has 5 nitrogen and oxygen atoms in total. The summed E-state index contributed by atoms with van der Waals surface area (Å²) in [6, 6.07) is 20.7. The Morgan fingerprint density at radius 1 is 1.04 bits per heavy atom. The lowest BCUT2D eigenvalue weighted by Crippen LogP contribution is -2.25. The molecule has 0 saturated heterocycles. The second kappa shape index (κ2) is 9.10. The maximum atomic E-state index is 13.4. The molecule has 0 fully saturated rings. The van der Waals surface area contributed by atoms with Crippen LogP contribution >= 0.6 is 0 Å². The van der Waals surface area contributed by atoms with E-state index >= 15 is 0 Å². The summed E-state index contributed by atoms with van der Waals surface area (Å²) in [4.78, 5) is 10.9. The molecule has 0 aliphatic rings. The molecule has 0 heterocycles. The molecule has 3 aromatic carbocycles. The smallest absolute Gasteiger partial charge is 0.311 e. The van der Waals surface area contributed by atoms with Crippen LogP contribution in [0.2, 0.25) is 0 Å². The zero-order valence-electron chi connectivity index (χ0n) is 15.5. The predicted molar refractivity (Wildman–Crippen MR) is 106 cm³/mol. The van der Waals surface area contributed by atoms with E-state index in [-0.39, 0.29) is 23.3 Å². The van der Waals surface area contributed by atoms with E-state index in [1.165, 1.54) is 30.9 Å². The largest absolute Gasteiger partial charge is 0.490 e. The Kier molecular flexibility index (Phi) is 6.34. The van der Waals surface area contributed by atoms with Gasteiger partial charge in [-0.05, 0) is 41.3 Å². The van der Waals surface area contributed by atoms with Gasteiger partial charge in [-0.1, -0.05) is 48.5 Å². The summed E-state index contributed by atoms with van der Waals surface area (Å²) in [6.07, 6.45) is 0.802. The first-order valence-electron chi connectivity index (χ1n) is 8.93. The number of hydrogen-bond acceptors (Lipinski definition) is 4. The molecule has 1 atom stereocenters. The van der Waals surface area contributed by atoms with E-state index in [0.29, 0.717) is 12.1 Å². The zero-order chi connectivity index (χ0) is 19.9. The van der Waals surface area contributed by atoms with Crippen LogP contribution in [0, 0.1) is 15.9 Å². The molecule has 3 aromatic rings. The van der Waals surface area contributed by atoms with Crippen molar-refractivity contribution in [3.63, 3.8) is 0 Å². The van der Waals surface area contributed by atoms with Crippen molar-refractivity contribution in [2.75, 3.05) is 13.7 Å². The highest BCUT2D eigenvalue weighted by Crippen LogP contribution is 2.32. The van der Waals surface area contributed by atoms with Crippen LogP contribution in [0.25, 0.3) is 0 Å². The van der Waals surface area contributed by atoms with Crippen LogP contribution < -0.4 is 10.1 Å². The standard InChI is InChI=1S/C22H21FN2O3/c1-28-21-12-9-18(15-20(21)25(26)27)22(17-7-10-19(23)11-8-17)24-14-13-16-5-3-2-4-6-16/h2-12,15,22,24H,13-14H2,1H3/t22-/m0/s1. The summed E-state index contributed by atoms with van der Waals surface area (Å²) in [5, 5.41) is 14.8. The first-order valence-corrected chi connectivity index (χ1v) is 8.93. The Morgan fingerprint density at radius 3 is 2.36 bits per heavy atom. The van der Waals surface area contributed by atoms with E-state index in [1.807, 2.05) is 30.3 Å². The lowest BCUT2D eigenvalue weighted by atomic mass is 9.97. The molecule has 3 rings (SSSR count). The summed E-state index contributed by atoms with van der Waals surface area (Å²) >= 11 is 0. The van der Waals surface area contributed by atoms with Gasteiger partial charge in [0.15, 0.2) is 5.75 Å². The fourth-order valence-corrected chi connectivity index (χ4v) is 3.12. The van der Waals surface area contributed by atoms with Crippen LogP contribution in [-0.2, 0) is 6.42 Å². The van der Waals surface area contributed by atoms with Crippen LogP contribution in [0.3, 0.4) is 0 Å². The topological polar surface area (TPSA) is 64.4 Å². The third kappa shape index (κ3) is 4.72. The first-order chi connectivity index (χ1) is 13.6. The average Bonchev–Trinajstić information content (AvgIpc) is 2.72. The number of ether oxygens (including phenoxy) is 1. The molecule has 6 heteroatoms. The van der Waals surface area contributed by atoms with Crippen molar-refractivity contribution < 1.29 is 14.1 Å². The summed E-state index contributed by atoms with van der Waals surface area (Å²) in [7, 11) is 1.40. The normalized spacial score (nSPS) is 11.8. The van der Waals surface area contributed by atoms with E-state index in [2.05, 4.69) is 5.32 Å². The fraction of sp³-hybridized carbons (Fsp3) is 0.182. The van der Waals surface area contributed by atoms with Gasteiger partial charge in [0.1, 0.15) is 5.82 Å². The predicted octanol–water partition coefficient (Wildman–Crippen LogP) is 4.66. The van der Waals surface area contributed by atoms with Crippen molar-refractivity contribution in [1.82, 2.24) is 5.32 Å². The number of methoxy groups -OCH3 is 1. The van der Waals surface area contributed by atoms with Gasteiger partial charge in [0.25, 0.3) is 0 Å². The summed E-state index contributed by atoms with van der Waals surface area (Å²) in [5.41, 5.74) is 2.63. The minimum absolute atomic E-state index is 0.100. The van der Waals surface area contributed by atoms with Gasteiger partial charge in [-0.15, -0.1) is 0 Å². The van der Waals surface area contributed by atoms with Gasteiger partial charge in [0.2, 0.25) is 0 Å². The van der Waals surface area contributed by atoms with Gasteiger partial charge >= 0.3 is 5.69 Å². The molecule has 0 amide bonds. The van der Waals surface area contributed by atoms with Crippen molar-refractivity contribution in [1.29, 1.82) is 0 Å². The van der Waals surface area contributed by atoms with Crippen LogP contribution in [0.15, 0.2) is 72.8 Å². The number of hydrogen-bond donors (Lipinski definition) is 1. The van der Waals surface area contributed by atoms with Crippen LogP contribution in [-0.4, -0.2) is 18.6 Å². The van der Waals surface area contributed by atoms with Crippen molar-refractivity contribution in [3.8, 4) is 5.75 Å². The summed E-state index contributed by atoms with van der Waals surface area (Å²) < 4.78 is 18.5. The highest BCUT2D eigenvalue weighted by atomic mass is 19.1. The molecule has 0 saturated carbocycles. The van der Waals surface area contributed by atoms with Gasteiger partial charge in [0, 0.05) is 12.6 Å². The molecule has 0 aromatic heterocycles. The number of nitro groups is 1. The molecule has 0 aliphatic carbocycles. The molecule has 144 valence electrons. The molecule has 0 spiro atoms. The number of halogens is 1. The van der Waals surface area contributed by atoms with Crippen molar-refractivity contribution >= 4 is 5.69 Å². The van der Waals surface area contributed by atoms with Crippen LogP contribution in [0.1, 0.15) is 22.7 Å². The maximum absolute atomic E-state index is 13.4. The van der Waals surface area contributed by atoms with Crippen molar-refractivity contribution in [2.24, 2.45) is 0 Å². The van der Waals surface area contributed by atoms with Gasteiger partial charge < -0.3 is 10.1 Å². The Morgan fingerprint density at radius 2 is 1.71 bits per heavy atom.